The van der Waals surface area contributed by atoms with Gasteiger partial charge in [-0.15, -0.1) is 0 Å². The fraction of sp³-hybridized carbons (Fsp3) is 0.154. The first-order chi connectivity index (χ1) is 7.75. The molecule has 2 rings (SSSR count). The Hall–Kier alpha value is -2.03. The SMILES string of the molecule is CN(C)c1ccc(C=Cc2cnco2)cc1. The molecule has 0 unspecified atom stereocenters. The Morgan fingerprint density at radius 3 is 2.44 bits per heavy atom. The summed E-state index contributed by atoms with van der Waals surface area (Å²) < 4.78 is 5.11. The quantitative estimate of drug-likeness (QED) is 0.786. The number of hydrogen-bond donors (Lipinski definition) is 0. The first-order valence-corrected chi connectivity index (χ1v) is 5.09. The first kappa shape index (κ1) is 10.5. The van der Waals surface area contributed by atoms with E-state index < -0.39 is 0 Å². The lowest BCUT2D eigenvalue weighted by Crippen LogP contribution is -2.07. The summed E-state index contributed by atoms with van der Waals surface area (Å²) in [5.41, 5.74) is 2.33. The molecule has 0 saturated carbocycles. The van der Waals surface area contributed by atoms with Gasteiger partial charge in [-0.1, -0.05) is 18.2 Å². The number of oxazole rings is 1. The summed E-state index contributed by atoms with van der Waals surface area (Å²) in [5.74, 6) is 0.761. The molecule has 0 aliphatic rings. The van der Waals surface area contributed by atoms with Gasteiger partial charge in [-0.3, -0.25) is 0 Å². The van der Waals surface area contributed by atoms with E-state index in [1.807, 2.05) is 26.2 Å². The van der Waals surface area contributed by atoms with Crippen molar-refractivity contribution in [2.75, 3.05) is 19.0 Å². The summed E-state index contributed by atoms with van der Waals surface area (Å²) in [6.07, 6.45) is 7.01. The lowest BCUT2D eigenvalue weighted by Gasteiger charge is -2.11. The van der Waals surface area contributed by atoms with Gasteiger partial charge >= 0.3 is 0 Å². The van der Waals surface area contributed by atoms with E-state index in [1.165, 1.54) is 12.1 Å². The maximum atomic E-state index is 5.11. The van der Waals surface area contributed by atoms with Gasteiger partial charge in [-0.25, -0.2) is 4.98 Å². The van der Waals surface area contributed by atoms with Gasteiger partial charge < -0.3 is 9.32 Å². The molecule has 1 aromatic carbocycles. The summed E-state index contributed by atoms with van der Waals surface area (Å²) in [6, 6.07) is 8.31. The van der Waals surface area contributed by atoms with E-state index >= 15 is 0 Å². The molecule has 0 N–H and O–H groups in total. The van der Waals surface area contributed by atoms with Crippen LogP contribution in [0.2, 0.25) is 0 Å². The van der Waals surface area contributed by atoms with Crippen molar-refractivity contribution in [3.8, 4) is 0 Å². The van der Waals surface area contributed by atoms with Crippen molar-refractivity contribution in [1.82, 2.24) is 4.98 Å². The minimum Gasteiger partial charge on any atom is -0.444 e. The van der Waals surface area contributed by atoms with Crippen LogP contribution in [0.5, 0.6) is 0 Å². The number of aromatic nitrogens is 1. The fourth-order valence-corrected chi connectivity index (χ4v) is 1.37. The van der Waals surface area contributed by atoms with E-state index in [-0.39, 0.29) is 0 Å². The van der Waals surface area contributed by atoms with E-state index in [0.29, 0.717) is 0 Å². The summed E-state index contributed by atoms with van der Waals surface area (Å²) >= 11 is 0. The second-order valence-electron chi connectivity index (χ2n) is 3.72. The summed E-state index contributed by atoms with van der Waals surface area (Å²) in [4.78, 5) is 5.92. The predicted molar refractivity (Wildman–Crippen MR) is 66.2 cm³/mol. The third-order valence-electron chi connectivity index (χ3n) is 2.30. The van der Waals surface area contributed by atoms with Crippen LogP contribution in [-0.2, 0) is 0 Å². The second-order valence-corrected chi connectivity index (χ2v) is 3.72. The summed E-state index contributed by atoms with van der Waals surface area (Å²) in [6.45, 7) is 0. The minimum atomic E-state index is 0.761. The van der Waals surface area contributed by atoms with Gasteiger partial charge in [0.1, 0.15) is 5.76 Å². The first-order valence-electron chi connectivity index (χ1n) is 5.09. The molecule has 1 heterocycles. The number of nitrogens with zero attached hydrogens (tertiary/aromatic N) is 2. The fourth-order valence-electron chi connectivity index (χ4n) is 1.37. The Morgan fingerprint density at radius 1 is 1.12 bits per heavy atom. The smallest absolute Gasteiger partial charge is 0.181 e. The summed E-state index contributed by atoms with van der Waals surface area (Å²) in [5, 5.41) is 0. The van der Waals surface area contributed by atoms with Gasteiger partial charge in [0.15, 0.2) is 6.39 Å². The topological polar surface area (TPSA) is 29.3 Å². The lowest BCUT2D eigenvalue weighted by atomic mass is 10.2. The zero-order valence-corrected chi connectivity index (χ0v) is 9.42. The third kappa shape index (κ3) is 2.51. The van der Waals surface area contributed by atoms with Crippen LogP contribution in [0.4, 0.5) is 5.69 Å². The normalized spacial score (nSPS) is 10.9. The molecule has 0 saturated heterocycles. The van der Waals surface area contributed by atoms with Gasteiger partial charge in [0.25, 0.3) is 0 Å². The van der Waals surface area contributed by atoms with Gasteiger partial charge in [0, 0.05) is 19.8 Å². The molecule has 82 valence electrons. The van der Waals surface area contributed by atoms with Crippen molar-refractivity contribution in [2.45, 2.75) is 0 Å². The van der Waals surface area contributed by atoms with Crippen molar-refractivity contribution < 1.29 is 4.42 Å². The van der Waals surface area contributed by atoms with Gasteiger partial charge in [0.2, 0.25) is 0 Å². The predicted octanol–water partition coefficient (Wildman–Crippen LogP) is 2.91. The van der Waals surface area contributed by atoms with Gasteiger partial charge in [-0.05, 0) is 23.8 Å². The Morgan fingerprint density at radius 2 is 1.88 bits per heavy atom. The zero-order valence-electron chi connectivity index (χ0n) is 9.42. The van der Waals surface area contributed by atoms with Crippen LogP contribution in [-0.4, -0.2) is 19.1 Å². The van der Waals surface area contributed by atoms with Gasteiger partial charge in [0.05, 0.1) is 6.20 Å². The van der Waals surface area contributed by atoms with Crippen molar-refractivity contribution in [1.29, 1.82) is 0 Å². The van der Waals surface area contributed by atoms with Crippen LogP contribution in [0.1, 0.15) is 11.3 Å². The maximum Gasteiger partial charge on any atom is 0.181 e. The Bertz CT molecular complexity index is 455. The molecule has 16 heavy (non-hydrogen) atoms. The highest BCUT2D eigenvalue weighted by atomic mass is 16.3. The third-order valence-corrected chi connectivity index (χ3v) is 2.30. The lowest BCUT2D eigenvalue weighted by molar-refractivity contribution is 0.548. The van der Waals surface area contributed by atoms with Crippen molar-refractivity contribution in [3.05, 3.63) is 48.2 Å². The molecule has 1 aromatic heterocycles. The van der Waals surface area contributed by atoms with Crippen LogP contribution in [0.15, 0.2) is 41.3 Å². The highest BCUT2D eigenvalue weighted by molar-refractivity contribution is 5.68. The molecule has 0 amide bonds. The molecule has 0 radical (unpaired) electrons. The van der Waals surface area contributed by atoms with E-state index in [0.717, 1.165) is 11.3 Å². The monoisotopic (exact) mass is 214 g/mol. The van der Waals surface area contributed by atoms with E-state index in [1.54, 1.807) is 6.20 Å². The zero-order chi connectivity index (χ0) is 11.4. The Balaban J connectivity index is 2.11. The average molecular weight is 214 g/mol. The van der Waals surface area contributed by atoms with E-state index in [4.69, 9.17) is 4.42 Å². The highest BCUT2D eigenvalue weighted by Crippen LogP contribution is 2.14. The average Bonchev–Trinajstić information content (AvgIpc) is 2.80. The Labute approximate surface area is 95.0 Å². The molecule has 3 nitrogen and oxygen atoms in total. The van der Waals surface area contributed by atoms with Gasteiger partial charge in [-0.2, -0.15) is 0 Å². The largest absolute Gasteiger partial charge is 0.444 e. The number of benzene rings is 1. The number of hydrogen-bond acceptors (Lipinski definition) is 3. The van der Waals surface area contributed by atoms with Crippen molar-refractivity contribution in [2.24, 2.45) is 0 Å². The molecule has 0 atom stereocenters. The molecule has 2 aromatic rings. The van der Waals surface area contributed by atoms with E-state index in [2.05, 4.69) is 34.1 Å². The highest BCUT2D eigenvalue weighted by Gasteiger charge is 1.94. The second kappa shape index (κ2) is 4.66. The van der Waals surface area contributed by atoms with Crippen LogP contribution < -0.4 is 4.90 Å². The molecule has 0 aliphatic heterocycles. The minimum absolute atomic E-state index is 0.761. The van der Waals surface area contributed by atoms with Crippen LogP contribution in [0.3, 0.4) is 0 Å². The molecular formula is C13H14N2O. The molecule has 0 spiro atoms. The maximum absolute atomic E-state index is 5.11. The van der Waals surface area contributed by atoms with Crippen molar-refractivity contribution >= 4 is 17.8 Å². The number of rotatable bonds is 3. The molecule has 3 heteroatoms. The summed E-state index contributed by atoms with van der Waals surface area (Å²) in [7, 11) is 4.05. The Kier molecular flexibility index (Phi) is 3.05. The van der Waals surface area contributed by atoms with E-state index in [9.17, 15) is 0 Å². The molecule has 0 fully saturated rings. The molecular weight excluding hydrogens is 200 g/mol. The van der Waals surface area contributed by atoms with Crippen LogP contribution in [0, 0.1) is 0 Å². The van der Waals surface area contributed by atoms with Crippen LogP contribution in [0.25, 0.3) is 12.2 Å². The molecule has 0 aliphatic carbocycles. The standard InChI is InChI=1S/C13H14N2O/c1-15(2)12-6-3-11(4-7-12)5-8-13-9-14-10-16-13/h3-10H,1-2H3. The van der Waals surface area contributed by atoms with Crippen molar-refractivity contribution in [3.63, 3.8) is 0 Å². The number of anilines is 1. The van der Waals surface area contributed by atoms with Crippen LogP contribution >= 0.6 is 0 Å². The molecule has 0 bridgehead atoms.